The first-order valence-electron chi connectivity index (χ1n) is 7.75. The molecule has 0 atom stereocenters. The molecular weight excluding hydrogens is 328 g/mol. The van der Waals surface area contributed by atoms with Crippen molar-refractivity contribution in [1.29, 1.82) is 5.26 Å². The molecule has 1 aromatic rings. The third-order valence-corrected chi connectivity index (χ3v) is 5.40. The van der Waals surface area contributed by atoms with Gasteiger partial charge in [-0.2, -0.15) is 5.26 Å². The van der Waals surface area contributed by atoms with E-state index in [4.69, 9.17) is 5.26 Å². The zero-order valence-electron chi connectivity index (χ0n) is 13.9. The Morgan fingerprint density at radius 3 is 2.42 bits per heavy atom. The van der Waals surface area contributed by atoms with Gasteiger partial charge in [-0.15, -0.1) is 0 Å². The third kappa shape index (κ3) is 4.94. The van der Waals surface area contributed by atoms with Crippen molar-refractivity contribution >= 4 is 16.1 Å². The second kappa shape index (κ2) is 7.64. The maximum Gasteiger partial charge on any atom is 0.317 e. The number of nitriles is 1. The number of amides is 2. The van der Waals surface area contributed by atoms with E-state index in [0.717, 1.165) is 5.56 Å². The van der Waals surface area contributed by atoms with Crippen LogP contribution in [0.4, 0.5) is 4.79 Å². The summed E-state index contributed by atoms with van der Waals surface area (Å²) in [5, 5.41) is 11.7. The van der Waals surface area contributed by atoms with Gasteiger partial charge in [0.15, 0.2) is 0 Å². The molecule has 1 heterocycles. The van der Waals surface area contributed by atoms with E-state index in [9.17, 15) is 13.2 Å². The predicted octanol–water partition coefficient (Wildman–Crippen LogP) is 1.12. The average Bonchev–Trinajstić information content (AvgIpc) is 2.55. The molecule has 0 spiro atoms. The third-order valence-electron chi connectivity index (χ3n) is 4.10. The van der Waals surface area contributed by atoms with Gasteiger partial charge in [-0.1, -0.05) is 12.1 Å². The van der Waals surface area contributed by atoms with E-state index < -0.39 is 10.0 Å². The fraction of sp³-hybridized carbons (Fsp3) is 0.500. The summed E-state index contributed by atoms with van der Waals surface area (Å²) >= 11 is 0. The fourth-order valence-corrected chi connectivity index (χ4v) is 3.52. The maximum absolute atomic E-state index is 12.2. The van der Waals surface area contributed by atoms with E-state index in [1.165, 1.54) is 10.6 Å². The average molecular weight is 350 g/mol. The first-order valence-corrected chi connectivity index (χ1v) is 9.60. The highest BCUT2D eigenvalue weighted by molar-refractivity contribution is 7.88. The van der Waals surface area contributed by atoms with Gasteiger partial charge in [0, 0.05) is 32.7 Å². The lowest BCUT2D eigenvalue weighted by Gasteiger charge is -2.31. The number of nitrogens with zero attached hydrogens (tertiary/aromatic N) is 3. The van der Waals surface area contributed by atoms with Crippen LogP contribution in [0.1, 0.15) is 24.0 Å². The van der Waals surface area contributed by atoms with Crippen molar-refractivity contribution in [3.05, 3.63) is 35.4 Å². The molecule has 0 aliphatic carbocycles. The maximum atomic E-state index is 12.2. The summed E-state index contributed by atoms with van der Waals surface area (Å²) in [5.74, 6) is 0. The number of sulfonamides is 1. The van der Waals surface area contributed by atoms with Gasteiger partial charge in [0.05, 0.1) is 17.9 Å². The number of hydrogen-bond donors (Lipinski definition) is 1. The highest BCUT2D eigenvalue weighted by atomic mass is 32.2. The molecule has 2 amide bonds. The Kier molecular flexibility index (Phi) is 5.80. The molecule has 0 radical (unpaired) electrons. The number of benzene rings is 1. The van der Waals surface area contributed by atoms with Gasteiger partial charge in [0.25, 0.3) is 0 Å². The number of piperidine rings is 1. The minimum absolute atomic E-state index is 0.0149. The van der Waals surface area contributed by atoms with Crippen LogP contribution < -0.4 is 5.32 Å². The van der Waals surface area contributed by atoms with Gasteiger partial charge < -0.3 is 10.2 Å². The SMILES string of the molecule is CN(Cc1ccc(C#N)cc1)C(=O)NC1CCN(S(C)(=O)=O)CC1. The standard InChI is InChI=1S/C16H22N4O3S/c1-19(12-14-5-3-13(11-17)4-6-14)16(21)18-15-7-9-20(10-8-15)24(2,22)23/h3-6,15H,7-10,12H2,1-2H3,(H,18,21). The fourth-order valence-electron chi connectivity index (χ4n) is 2.65. The van der Waals surface area contributed by atoms with Crippen LogP contribution in [0.25, 0.3) is 0 Å². The second-order valence-corrected chi connectivity index (χ2v) is 8.03. The Balaban J connectivity index is 1.83. The number of carbonyl (C=O) groups is 1. The lowest BCUT2D eigenvalue weighted by Crippen LogP contribution is -2.49. The summed E-state index contributed by atoms with van der Waals surface area (Å²) < 4.78 is 24.4. The molecular formula is C16H22N4O3S. The molecule has 0 saturated carbocycles. The normalized spacial score (nSPS) is 16.4. The van der Waals surface area contributed by atoms with Crippen LogP contribution in [-0.2, 0) is 16.6 Å². The molecule has 2 rings (SSSR count). The first-order chi connectivity index (χ1) is 11.3. The molecule has 1 fully saturated rings. The molecule has 130 valence electrons. The molecule has 1 saturated heterocycles. The van der Waals surface area contributed by atoms with Gasteiger partial charge in [0.2, 0.25) is 10.0 Å². The minimum atomic E-state index is -3.15. The molecule has 1 aliphatic rings. The molecule has 0 unspecified atom stereocenters. The molecule has 1 aliphatic heterocycles. The van der Waals surface area contributed by atoms with Crippen LogP contribution in [0.15, 0.2) is 24.3 Å². The minimum Gasteiger partial charge on any atom is -0.335 e. The van der Waals surface area contributed by atoms with Crippen LogP contribution in [0.2, 0.25) is 0 Å². The summed E-state index contributed by atoms with van der Waals surface area (Å²) in [6.07, 6.45) is 2.43. The van der Waals surface area contributed by atoms with E-state index in [2.05, 4.69) is 11.4 Å². The summed E-state index contributed by atoms with van der Waals surface area (Å²) in [6.45, 7) is 1.31. The molecule has 1 aromatic carbocycles. The molecule has 1 N–H and O–H groups in total. The Hall–Kier alpha value is -2.11. The number of rotatable bonds is 4. The van der Waals surface area contributed by atoms with Gasteiger partial charge in [-0.25, -0.2) is 17.5 Å². The first kappa shape index (κ1) is 18.2. The van der Waals surface area contributed by atoms with Crippen molar-refractivity contribution in [3.63, 3.8) is 0 Å². The number of carbonyl (C=O) groups excluding carboxylic acids is 1. The van der Waals surface area contributed by atoms with E-state index in [0.29, 0.717) is 38.0 Å². The number of nitrogens with one attached hydrogen (secondary N) is 1. The smallest absolute Gasteiger partial charge is 0.317 e. The van der Waals surface area contributed by atoms with E-state index in [1.807, 2.05) is 12.1 Å². The highest BCUT2D eigenvalue weighted by Gasteiger charge is 2.26. The Bertz CT molecular complexity index is 717. The van der Waals surface area contributed by atoms with Crippen molar-refractivity contribution in [2.24, 2.45) is 0 Å². The van der Waals surface area contributed by atoms with Crippen molar-refractivity contribution in [2.75, 3.05) is 26.4 Å². The van der Waals surface area contributed by atoms with Gasteiger partial charge in [-0.05, 0) is 30.5 Å². The Morgan fingerprint density at radius 1 is 1.33 bits per heavy atom. The van der Waals surface area contributed by atoms with Gasteiger partial charge in [-0.3, -0.25) is 0 Å². The van der Waals surface area contributed by atoms with Crippen molar-refractivity contribution in [3.8, 4) is 6.07 Å². The van der Waals surface area contributed by atoms with Crippen LogP contribution >= 0.6 is 0 Å². The number of urea groups is 1. The highest BCUT2D eigenvalue weighted by Crippen LogP contribution is 2.14. The van der Waals surface area contributed by atoms with E-state index in [-0.39, 0.29) is 12.1 Å². The Labute approximate surface area is 142 Å². The lowest BCUT2D eigenvalue weighted by atomic mass is 10.1. The van der Waals surface area contributed by atoms with Crippen molar-refractivity contribution < 1.29 is 13.2 Å². The monoisotopic (exact) mass is 350 g/mol. The van der Waals surface area contributed by atoms with Gasteiger partial charge in [0.1, 0.15) is 0 Å². The largest absolute Gasteiger partial charge is 0.335 e. The summed E-state index contributed by atoms with van der Waals surface area (Å²) in [6, 6.07) is 8.96. The topological polar surface area (TPSA) is 93.5 Å². The van der Waals surface area contributed by atoms with E-state index in [1.54, 1.807) is 24.1 Å². The van der Waals surface area contributed by atoms with E-state index >= 15 is 0 Å². The second-order valence-electron chi connectivity index (χ2n) is 6.05. The summed E-state index contributed by atoms with van der Waals surface area (Å²) in [4.78, 5) is 13.8. The molecule has 8 heteroatoms. The molecule has 0 aromatic heterocycles. The van der Waals surface area contributed by atoms with Crippen LogP contribution in [0.3, 0.4) is 0 Å². The predicted molar refractivity (Wildman–Crippen MR) is 90.6 cm³/mol. The quantitative estimate of drug-likeness (QED) is 0.881. The molecule has 24 heavy (non-hydrogen) atoms. The lowest BCUT2D eigenvalue weighted by molar-refractivity contribution is 0.195. The number of hydrogen-bond acceptors (Lipinski definition) is 4. The molecule has 7 nitrogen and oxygen atoms in total. The zero-order valence-corrected chi connectivity index (χ0v) is 14.7. The van der Waals surface area contributed by atoms with Crippen LogP contribution in [0.5, 0.6) is 0 Å². The summed E-state index contributed by atoms with van der Waals surface area (Å²) in [7, 11) is -1.45. The summed E-state index contributed by atoms with van der Waals surface area (Å²) in [5.41, 5.74) is 1.53. The Morgan fingerprint density at radius 2 is 1.92 bits per heavy atom. The zero-order chi connectivity index (χ0) is 17.7. The van der Waals surface area contributed by atoms with Crippen molar-refractivity contribution in [1.82, 2.24) is 14.5 Å². The van der Waals surface area contributed by atoms with Crippen molar-refractivity contribution in [2.45, 2.75) is 25.4 Å². The molecule has 0 bridgehead atoms. The van der Waals surface area contributed by atoms with Crippen LogP contribution in [-0.4, -0.2) is 56.1 Å². The van der Waals surface area contributed by atoms with Gasteiger partial charge >= 0.3 is 6.03 Å². The van der Waals surface area contributed by atoms with Crippen LogP contribution in [0, 0.1) is 11.3 Å².